The van der Waals surface area contributed by atoms with Gasteiger partial charge in [-0.1, -0.05) is 0 Å². The number of aromatic nitrogens is 2. The summed E-state index contributed by atoms with van der Waals surface area (Å²) in [7, 11) is 0. The molecule has 1 aliphatic rings. The quantitative estimate of drug-likeness (QED) is 0.700. The number of hydrogen-bond acceptors (Lipinski definition) is 4. The maximum atomic E-state index is 13.5. The molecule has 0 radical (unpaired) electrons. The minimum atomic E-state index is -0.558. The van der Waals surface area contributed by atoms with E-state index < -0.39 is 11.6 Å². The number of halogens is 3. The van der Waals surface area contributed by atoms with Crippen LogP contribution in [-0.4, -0.2) is 29.1 Å². The second kappa shape index (κ2) is 8.37. The van der Waals surface area contributed by atoms with Gasteiger partial charge in [0.25, 0.3) is 0 Å². The van der Waals surface area contributed by atoms with Gasteiger partial charge in [0.1, 0.15) is 17.5 Å². The Balaban J connectivity index is 1.42. The molecule has 1 fully saturated rings. The molecule has 0 aliphatic carbocycles. The fourth-order valence-electron chi connectivity index (χ4n) is 3.86. The van der Waals surface area contributed by atoms with Crippen molar-refractivity contribution in [3.8, 4) is 0 Å². The van der Waals surface area contributed by atoms with E-state index >= 15 is 0 Å². The summed E-state index contributed by atoms with van der Waals surface area (Å²) >= 11 is 0. The minimum absolute atomic E-state index is 0.252. The van der Waals surface area contributed by atoms with Crippen LogP contribution < -0.4 is 10.2 Å². The molecule has 4 rings (SSSR count). The third-order valence-electron chi connectivity index (χ3n) is 5.36. The van der Waals surface area contributed by atoms with Crippen molar-refractivity contribution in [2.45, 2.75) is 38.8 Å². The predicted molar refractivity (Wildman–Crippen MR) is 107 cm³/mol. The van der Waals surface area contributed by atoms with Crippen LogP contribution >= 0.6 is 0 Å². The molecule has 0 bridgehead atoms. The second-order valence-corrected chi connectivity index (χ2v) is 7.54. The van der Waals surface area contributed by atoms with Crippen LogP contribution in [0.3, 0.4) is 0 Å². The fraction of sp³-hybridized carbons (Fsp3) is 0.364. The summed E-state index contributed by atoms with van der Waals surface area (Å²) in [5, 5.41) is 4.14. The molecule has 2 heterocycles. The molecule has 0 saturated carbocycles. The Labute approximate surface area is 167 Å². The van der Waals surface area contributed by atoms with Crippen LogP contribution in [0.5, 0.6) is 0 Å². The molecule has 2 aromatic carbocycles. The third-order valence-corrected chi connectivity index (χ3v) is 5.36. The van der Waals surface area contributed by atoms with Gasteiger partial charge in [-0.3, -0.25) is 0 Å². The Morgan fingerprint density at radius 3 is 2.55 bits per heavy atom. The first-order valence-corrected chi connectivity index (χ1v) is 9.85. The van der Waals surface area contributed by atoms with Crippen LogP contribution in [0.25, 0.3) is 10.9 Å². The summed E-state index contributed by atoms with van der Waals surface area (Å²) in [6.45, 7) is 3.91. The van der Waals surface area contributed by atoms with E-state index in [2.05, 4.69) is 20.2 Å². The molecule has 3 aromatic rings. The third kappa shape index (κ3) is 4.67. The topological polar surface area (TPSA) is 41.1 Å². The van der Waals surface area contributed by atoms with Gasteiger partial charge in [-0.25, -0.2) is 23.1 Å². The van der Waals surface area contributed by atoms with E-state index in [1.165, 1.54) is 24.3 Å². The van der Waals surface area contributed by atoms with Crippen molar-refractivity contribution in [3.05, 3.63) is 65.1 Å². The van der Waals surface area contributed by atoms with Gasteiger partial charge < -0.3 is 10.2 Å². The van der Waals surface area contributed by atoms with Crippen LogP contribution in [0.1, 0.15) is 30.5 Å². The molecule has 1 aromatic heterocycles. The summed E-state index contributed by atoms with van der Waals surface area (Å²) < 4.78 is 40.2. The largest absolute Gasteiger partial charge is 0.341 e. The maximum absolute atomic E-state index is 13.5. The number of fused-ring (bicyclic) bond motifs is 1. The van der Waals surface area contributed by atoms with E-state index in [0.717, 1.165) is 55.0 Å². The van der Waals surface area contributed by atoms with Crippen molar-refractivity contribution in [2.75, 3.05) is 18.0 Å². The van der Waals surface area contributed by atoms with Crippen molar-refractivity contribution in [2.24, 2.45) is 0 Å². The number of rotatable bonds is 4. The molecule has 1 N–H and O–H groups in total. The molecule has 152 valence electrons. The van der Waals surface area contributed by atoms with Crippen molar-refractivity contribution in [3.63, 3.8) is 0 Å². The van der Waals surface area contributed by atoms with Crippen LogP contribution in [0.15, 0.2) is 36.4 Å². The molecule has 29 heavy (non-hydrogen) atoms. The molecular formula is C22H23F3N4. The maximum Gasteiger partial charge on any atom is 0.226 e. The summed E-state index contributed by atoms with van der Waals surface area (Å²) in [6.07, 6.45) is 2.80. The monoisotopic (exact) mass is 400 g/mol. The Morgan fingerprint density at radius 2 is 1.76 bits per heavy atom. The number of nitrogens with zero attached hydrogens (tertiary/aromatic N) is 3. The Bertz CT molecular complexity index is 1000. The number of aryl methyl sites for hydroxylation is 1. The molecule has 0 spiro atoms. The molecule has 7 heteroatoms. The number of nitrogens with one attached hydrogen (secondary N) is 1. The molecule has 1 atom stereocenters. The summed E-state index contributed by atoms with van der Waals surface area (Å²) in [5.41, 5.74) is 2.10. The number of benzene rings is 2. The smallest absolute Gasteiger partial charge is 0.226 e. The predicted octanol–water partition coefficient (Wildman–Crippen LogP) is 4.50. The lowest BCUT2D eigenvalue weighted by atomic mass is 10.1. The van der Waals surface area contributed by atoms with E-state index in [-0.39, 0.29) is 11.9 Å². The van der Waals surface area contributed by atoms with Gasteiger partial charge in [0.2, 0.25) is 5.95 Å². The lowest BCUT2D eigenvalue weighted by molar-refractivity contribution is 0.467. The molecule has 1 saturated heterocycles. The highest BCUT2D eigenvalue weighted by molar-refractivity contribution is 5.81. The Kier molecular flexibility index (Phi) is 5.67. The number of hydrogen-bond donors (Lipinski definition) is 1. The van der Waals surface area contributed by atoms with Gasteiger partial charge in [0, 0.05) is 37.1 Å². The average Bonchev–Trinajstić information content (AvgIpc) is 2.92. The number of anilines is 1. The summed E-state index contributed by atoms with van der Waals surface area (Å²) in [5.74, 6) is -0.747. The molecule has 4 nitrogen and oxygen atoms in total. The molecule has 0 amide bonds. The normalized spacial score (nSPS) is 17.5. The first kappa shape index (κ1) is 19.6. The van der Waals surface area contributed by atoms with Gasteiger partial charge in [0.05, 0.1) is 11.2 Å². The Hall–Kier alpha value is -2.67. The van der Waals surface area contributed by atoms with Crippen molar-refractivity contribution in [1.82, 2.24) is 15.3 Å². The average molecular weight is 400 g/mol. The molecule has 1 aliphatic heterocycles. The zero-order valence-corrected chi connectivity index (χ0v) is 16.3. The van der Waals surface area contributed by atoms with E-state index in [4.69, 9.17) is 0 Å². The first-order valence-electron chi connectivity index (χ1n) is 9.85. The van der Waals surface area contributed by atoms with Crippen LogP contribution in [0.4, 0.5) is 19.1 Å². The van der Waals surface area contributed by atoms with E-state index in [0.29, 0.717) is 18.1 Å². The highest BCUT2D eigenvalue weighted by Crippen LogP contribution is 2.22. The SMILES string of the molecule is Cc1nc(N2CCC[C@@H](NCc3cc(F)cc(F)c3)CC2)nc2ccc(F)cc12. The lowest BCUT2D eigenvalue weighted by Crippen LogP contribution is -2.31. The van der Waals surface area contributed by atoms with Gasteiger partial charge in [-0.2, -0.15) is 0 Å². The summed E-state index contributed by atoms with van der Waals surface area (Å²) in [4.78, 5) is 11.4. The van der Waals surface area contributed by atoms with Crippen LogP contribution in [-0.2, 0) is 6.54 Å². The molecule has 0 unspecified atom stereocenters. The zero-order chi connectivity index (χ0) is 20.4. The first-order chi connectivity index (χ1) is 14.0. The fourth-order valence-corrected chi connectivity index (χ4v) is 3.86. The van der Waals surface area contributed by atoms with E-state index in [1.54, 1.807) is 6.07 Å². The molecular weight excluding hydrogens is 377 g/mol. The van der Waals surface area contributed by atoms with Crippen molar-refractivity contribution < 1.29 is 13.2 Å². The van der Waals surface area contributed by atoms with Gasteiger partial charge in [0.15, 0.2) is 0 Å². The highest BCUT2D eigenvalue weighted by atomic mass is 19.1. The lowest BCUT2D eigenvalue weighted by Gasteiger charge is -2.21. The highest BCUT2D eigenvalue weighted by Gasteiger charge is 2.19. The van der Waals surface area contributed by atoms with E-state index in [1.807, 2.05) is 6.92 Å². The van der Waals surface area contributed by atoms with E-state index in [9.17, 15) is 13.2 Å². The second-order valence-electron chi connectivity index (χ2n) is 7.54. The summed E-state index contributed by atoms with van der Waals surface area (Å²) in [6, 6.07) is 8.40. The van der Waals surface area contributed by atoms with Gasteiger partial charge in [-0.05, 0) is 62.1 Å². The zero-order valence-electron chi connectivity index (χ0n) is 16.3. The standard InChI is InChI=1S/C22H23F3N4/c1-14-20-12-16(23)4-5-21(20)28-22(27-14)29-7-2-3-19(6-8-29)26-13-15-9-17(24)11-18(25)10-15/h4-5,9-12,19,26H,2-3,6-8,13H2,1H3/t19-/m1/s1. The van der Waals surface area contributed by atoms with Gasteiger partial charge in [-0.15, -0.1) is 0 Å². The Morgan fingerprint density at radius 1 is 0.966 bits per heavy atom. The van der Waals surface area contributed by atoms with Crippen molar-refractivity contribution in [1.29, 1.82) is 0 Å². The van der Waals surface area contributed by atoms with Crippen molar-refractivity contribution >= 4 is 16.9 Å². The van der Waals surface area contributed by atoms with Gasteiger partial charge >= 0.3 is 0 Å². The minimum Gasteiger partial charge on any atom is -0.341 e. The van der Waals surface area contributed by atoms with Crippen LogP contribution in [0, 0.1) is 24.4 Å². The van der Waals surface area contributed by atoms with Crippen LogP contribution in [0.2, 0.25) is 0 Å².